The Kier molecular flexibility index (Phi) is 5.08. The first-order chi connectivity index (χ1) is 10.5. The second-order valence-corrected chi connectivity index (χ2v) is 5.14. The van der Waals surface area contributed by atoms with E-state index in [1.807, 2.05) is 6.92 Å². The molecular weight excluding hydrogens is 284 g/mol. The molecule has 1 aromatic heterocycles. The van der Waals surface area contributed by atoms with E-state index in [9.17, 15) is 10.1 Å². The molecule has 0 bridgehead atoms. The van der Waals surface area contributed by atoms with Crippen LogP contribution in [0.4, 0.5) is 11.4 Å². The van der Waals surface area contributed by atoms with Gasteiger partial charge in [0.15, 0.2) is 5.82 Å². The third-order valence-corrected chi connectivity index (χ3v) is 3.28. The van der Waals surface area contributed by atoms with Crippen molar-refractivity contribution in [2.75, 3.05) is 5.32 Å². The van der Waals surface area contributed by atoms with E-state index < -0.39 is 4.92 Å². The number of rotatable bonds is 7. The third-order valence-electron chi connectivity index (χ3n) is 3.28. The highest BCUT2D eigenvalue weighted by Crippen LogP contribution is 2.35. The smallest absolute Gasteiger partial charge is 0.293 e. The van der Waals surface area contributed by atoms with Gasteiger partial charge in [-0.1, -0.05) is 31.0 Å². The summed E-state index contributed by atoms with van der Waals surface area (Å²) in [6, 6.07) is 4.88. The maximum absolute atomic E-state index is 11.3. The van der Waals surface area contributed by atoms with Crippen molar-refractivity contribution in [3.05, 3.63) is 41.1 Å². The van der Waals surface area contributed by atoms with E-state index in [1.54, 1.807) is 19.1 Å². The summed E-state index contributed by atoms with van der Waals surface area (Å²) in [4.78, 5) is 15.0. The normalized spacial score (nSPS) is 12.1. The quantitative estimate of drug-likeness (QED) is 0.618. The first-order valence-corrected chi connectivity index (χ1v) is 7.16. The minimum Gasteiger partial charge on any atom is -0.376 e. The molecule has 0 unspecified atom stereocenters. The van der Waals surface area contributed by atoms with Gasteiger partial charge in [-0.15, -0.1) is 0 Å². The van der Waals surface area contributed by atoms with E-state index >= 15 is 0 Å². The fourth-order valence-electron chi connectivity index (χ4n) is 2.20. The average Bonchev–Trinajstić information content (AvgIpc) is 2.91. The number of benzene rings is 1. The molecule has 0 saturated heterocycles. The van der Waals surface area contributed by atoms with Crippen LogP contribution in [0.25, 0.3) is 11.5 Å². The van der Waals surface area contributed by atoms with Gasteiger partial charge in [0, 0.05) is 12.1 Å². The van der Waals surface area contributed by atoms with Gasteiger partial charge in [0.1, 0.15) is 5.69 Å². The van der Waals surface area contributed by atoms with Gasteiger partial charge >= 0.3 is 0 Å². The zero-order valence-electron chi connectivity index (χ0n) is 12.7. The van der Waals surface area contributed by atoms with E-state index in [1.165, 1.54) is 6.07 Å². The zero-order valence-corrected chi connectivity index (χ0v) is 12.7. The van der Waals surface area contributed by atoms with Crippen molar-refractivity contribution in [3.8, 4) is 11.5 Å². The largest absolute Gasteiger partial charge is 0.376 e. The van der Waals surface area contributed by atoms with Crippen molar-refractivity contribution in [1.82, 2.24) is 10.1 Å². The van der Waals surface area contributed by atoms with Gasteiger partial charge in [0.25, 0.3) is 11.6 Å². The molecule has 117 valence electrons. The van der Waals surface area contributed by atoms with Crippen molar-refractivity contribution < 1.29 is 9.45 Å². The topological polar surface area (TPSA) is 94.1 Å². The van der Waals surface area contributed by atoms with Gasteiger partial charge in [-0.05, 0) is 26.3 Å². The van der Waals surface area contributed by atoms with Crippen LogP contribution < -0.4 is 5.32 Å². The fraction of sp³-hybridized carbons (Fsp3) is 0.400. The van der Waals surface area contributed by atoms with Crippen LogP contribution in [0, 0.1) is 24.0 Å². The summed E-state index contributed by atoms with van der Waals surface area (Å²) in [5.41, 5.74) is 0.943. The molecule has 0 aliphatic rings. The average molecular weight is 303 g/mol. The summed E-state index contributed by atoms with van der Waals surface area (Å²) in [7, 11) is 0. The molecule has 7 heteroatoms. The maximum Gasteiger partial charge on any atom is 0.293 e. The lowest BCUT2D eigenvalue weighted by atomic mass is 10.1. The second-order valence-electron chi connectivity index (χ2n) is 5.14. The van der Waals surface area contributed by atoms with E-state index in [0.717, 1.165) is 19.3 Å². The van der Waals surface area contributed by atoms with Crippen LogP contribution in [0.5, 0.6) is 0 Å². The number of aromatic nitrogens is 2. The predicted molar refractivity (Wildman–Crippen MR) is 83.4 cm³/mol. The van der Waals surface area contributed by atoms with Gasteiger partial charge in [0.05, 0.1) is 10.5 Å². The lowest BCUT2D eigenvalue weighted by Gasteiger charge is -2.16. The number of nitrogens with one attached hydrogen (secondary N) is 1. The van der Waals surface area contributed by atoms with Crippen molar-refractivity contribution >= 4 is 11.4 Å². The number of nitro benzene ring substituents is 1. The van der Waals surface area contributed by atoms with Crippen LogP contribution in [-0.2, 0) is 0 Å². The molecule has 0 fully saturated rings. The number of para-hydroxylation sites is 1. The van der Waals surface area contributed by atoms with Crippen molar-refractivity contribution in [2.24, 2.45) is 0 Å². The lowest BCUT2D eigenvalue weighted by Crippen LogP contribution is -2.16. The minimum atomic E-state index is -0.414. The fourth-order valence-corrected chi connectivity index (χ4v) is 2.20. The Labute approximate surface area is 128 Å². The number of unbranched alkanes of at least 4 members (excludes halogenated alkanes) is 1. The van der Waals surface area contributed by atoms with Gasteiger partial charge in [-0.3, -0.25) is 10.1 Å². The molecule has 7 nitrogen and oxygen atoms in total. The molecule has 1 atom stereocenters. The molecule has 1 radical (unpaired) electrons. The Morgan fingerprint density at radius 2 is 2.27 bits per heavy atom. The van der Waals surface area contributed by atoms with Gasteiger partial charge < -0.3 is 9.84 Å². The van der Waals surface area contributed by atoms with Crippen LogP contribution in [0.1, 0.15) is 32.0 Å². The van der Waals surface area contributed by atoms with Crippen LogP contribution in [0.3, 0.4) is 0 Å². The summed E-state index contributed by atoms with van der Waals surface area (Å²) in [6.45, 7) is 7.49. The number of nitro groups is 1. The number of hydrogen-bond acceptors (Lipinski definition) is 6. The molecule has 2 rings (SSSR count). The maximum atomic E-state index is 11.3. The molecule has 0 saturated carbocycles. The molecule has 0 spiro atoms. The molecule has 0 aliphatic heterocycles. The first-order valence-electron chi connectivity index (χ1n) is 7.16. The van der Waals surface area contributed by atoms with E-state index in [2.05, 4.69) is 22.4 Å². The molecule has 1 heterocycles. The second kappa shape index (κ2) is 7.02. The van der Waals surface area contributed by atoms with Crippen LogP contribution in [-0.4, -0.2) is 21.1 Å². The molecule has 22 heavy (non-hydrogen) atoms. The van der Waals surface area contributed by atoms with Crippen LogP contribution in [0.2, 0.25) is 0 Å². The molecule has 0 aliphatic carbocycles. The van der Waals surface area contributed by atoms with Crippen molar-refractivity contribution in [1.29, 1.82) is 0 Å². The SMILES string of the molecule is [CH2]CCC[C@H](C)Nc1c(-c2nc(C)no2)cccc1[N+](=O)[O-]. The number of hydrogen-bond donors (Lipinski definition) is 1. The highest BCUT2D eigenvalue weighted by molar-refractivity contribution is 5.80. The predicted octanol–water partition coefficient (Wildman–Crippen LogP) is 3.76. The highest BCUT2D eigenvalue weighted by atomic mass is 16.6. The van der Waals surface area contributed by atoms with Crippen molar-refractivity contribution in [2.45, 2.75) is 39.2 Å². The molecule has 2 aromatic rings. The number of nitrogens with zero attached hydrogens (tertiary/aromatic N) is 3. The van der Waals surface area contributed by atoms with Gasteiger partial charge in [-0.25, -0.2) is 0 Å². The molecule has 1 N–H and O–H groups in total. The monoisotopic (exact) mass is 303 g/mol. The van der Waals surface area contributed by atoms with E-state index in [-0.39, 0.29) is 17.6 Å². The van der Waals surface area contributed by atoms with Gasteiger partial charge in [-0.2, -0.15) is 4.98 Å². The lowest BCUT2D eigenvalue weighted by molar-refractivity contribution is -0.383. The highest BCUT2D eigenvalue weighted by Gasteiger charge is 2.22. The first kappa shape index (κ1) is 15.9. The van der Waals surface area contributed by atoms with Gasteiger partial charge in [0.2, 0.25) is 0 Å². The van der Waals surface area contributed by atoms with Crippen molar-refractivity contribution in [3.63, 3.8) is 0 Å². The van der Waals surface area contributed by atoms with Crippen LogP contribution in [0.15, 0.2) is 22.7 Å². The molecule has 0 amide bonds. The number of aryl methyl sites for hydroxylation is 1. The summed E-state index contributed by atoms with van der Waals surface area (Å²) in [5.74, 6) is 0.755. The molecular formula is C15H19N4O3. The third kappa shape index (κ3) is 3.60. The summed E-state index contributed by atoms with van der Waals surface area (Å²) in [6.07, 6.45) is 2.65. The minimum absolute atomic E-state index is 0.00479. The van der Waals surface area contributed by atoms with E-state index in [4.69, 9.17) is 4.52 Å². The Bertz CT molecular complexity index is 654. The Morgan fingerprint density at radius 1 is 1.50 bits per heavy atom. The summed E-state index contributed by atoms with van der Waals surface area (Å²) >= 11 is 0. The summed E-state index contributed by atoms with van der Waals surface area (Å²) in [5, 5.41) is 18.2. The zero-order chi connectivity index (χ0) is 16.1. The Hall–Kier alpha value is -2.44. The molecule has 1 aromatic carbocycles. The Balaban J connectivity index is 2.41. The summed E-state index contributed by atoms with van der Waals surface area (Å²) < 4.78 is 5.15. The van der Waals surface area contributed by atoms with E-state index in [0.29, 0.717) is 17.1 Å². The Morgan fingerprint density at radius 3 is 2.86 bits per heavy atom. The van der Waals surface area contributed by atoms with Crippen LogP contribution >= 0.6 is 0 Å². The standard InChI is InChI=1S/C15H19N4O3/c1-4-5-7-10(2)16-14-12(15-17-11(3)18-22-15)8-6-9-13(14)19(20)21/h6,8-10,16H,1,4-5,7H2,2-3H3/t10-/m0/s1. The number of anilines is 1.